The first-order chi connectivity index (χ1) is 37.2. The van der Waals surface area contributed by atoms with E-state index in [9.17, 15) is 4.39 Å². The minimum atomic E-state index is -1.30. The number of fused-ring (bicyclic) bond motifs is 7. The van der Waals surface area contributed by atoms with Crippen LogP contribution in [-0.2, 0) is 30.9 Å². The Kier molecular flexibility index (Phi) is 14.6. The van der Waals surface area contributed by atoms with Gasteiger partial charge in [-0.05, 0) is 131 Å². The molecule has 1 aliphatic rings. The van der Waals surface area contributed by atoms with Crippen LogP contribution in [-0.4, -0.2) is 22.6 Å². The molecule has 0 fully saturated rings. The summed E-state index contributed by atoms with van der Waals surface area (Å²) < 4.78 is 22.0. The van der Waals surface area contributed by atoms with E-state index in [1.165, 1.54) is 67.5 Å². The number of para-hydroxylation sites is 2. The number of halogens is 1. The molecule has 0 saturated carbocycles. The largest absolute Gasteiger partial charge is 0.501 e. The summed E-state index contributed by atoms with van der Waals surface area (Å²) in [6, 6.07) is 66.0. The average Bonchev–Trinajstić information content (AvgIpc) is 3.79. The van der Waals surface area contributed by atoms with Crippen molar-refractivity contribution in [2.75, 3.05) is 0 Å². The van der Waals surface area contributed by atoms with Crippen molar-refractivity contribution in [3.05, 3.63) is 216 Å². The zero-order valence-corrected chi connectivity index (χ0v) is 51.3. The summed E-state index contributed by atoms with van der Waals surface area (Å²) in [6.45, 7) is 30.9. The molecule has 11 aromatic rings. The quantitative estimate of drug-likeness (QED) is 0.112. The van der Waals surface area contributed by atoms with Crippen LogP contribution in [0.2, 0.25) is 19.6 Å². The van der Waals surface area contributed by atoms with Crippen molar-refractivity contribution in [1.29, 1.82) is 0 Å². The Morgan fingerprint density at radius 1 is 0.595 bits per heavy atom. The number of nitrogens with zero attached hydrogens (tertiary/aromatic N) is 3. The molecule has 0 unspecified atom stereocenters. The van der Waals surface area contributed by atoms with E-state index >= 15 is 0 Å². The smallest absolute Gasteiger partial charge is 0.121 e. The van der Waals surface area contributed by atoms with E-state index in [2.05, 4.69) is 250 Å². The van der Waals surface area contributed by atoms with Crippen LogP contribution in [0.15, 0.2) is 180 Å². The van der Waals surface area contributed by atoms with Gasteiger partial charge in [0, 0.05) is 43.2 Å². The molecule has 0 amide bonds. The Morgan fingerprint density at radius 3 is 1.91 bits per heavy atom. The average molecular weight is 1230 g/mol. The van der Waals surface area contributed by atoms with E-state index in [-0.39, 0.29) is 54.0 Å². The van der Waals surface area contributed by atoms with Crippen LogP contribution < -0.4 is 5.19 Å². The molecule has 3 heterocycles. The van der Waals surface area contributed by atoms with Crippen molar-refractivity contribution >= 4 is 46.2 Å². The first kappa shape index (κ1) is 55.3. The van der Waals surface area contributed by atoms with Crippen molar-refractivity contribution in [2.45, 2.75) is 112 Å². The van der Waals surface area contributed by atoms with Crippen LogP contribution in [0, 0.1) is 23.4 Å². The maximum atomic E-state index is 12.8. The van der Waals surface area contributed by atoms with Gasteiger partial charge in [0.05, 0.1) is 30.5 Å². The van der Waals surface area contributed by atoms with Gasteiger partial charge in [0.2, 0.25) is 0 Å². The summed E-state index contributed by atoms with van der Waals surface area (Å²) >= 11 is 0. The summed E-state index contributed by atoms with van der Waals surface area (Å²) in [5.74, 6) is 1.02. The van der Waals surface area contributed by atoms with Crippen LogP contribution in [0.1, 0.15) is 103 Å². The van der Waals surface area contributed by atoms with Crippen molar-refractivity contribution < 1.29 is 28.9 Å². The maximum absolute atomic E-state index is 12.8. The minimum Gasteiger partial charge on any atom is -0.501 e. The molecular formula is C72H70FIrN3OSi-2. The van der Waals surface area contributed by atoms with E-state index in [0.29, 0.717) is 0 Å². The zero-order valence-electron chi connectivity index (χ0n) is 47.9. The van der Waals surface area contributed by atoms with Gasteiger partial charge < -0.3 is 14.0 Å². The number of pyridine rings is 1. The molecule has 12 rings (SSSR count). The maximum Gasteiger partial charge on any atom is 0.121 e. The fraction of sp³-hybridized carbons (Fsp3) is 0.250. The summed E-state index contributed by atoms with van der Waals surface area (Å²) in [7, 11) is -1.30. The molecule has 1 radical (unpaired) electrons. The van der Waals surface area contributed by atoms with Crippen LogP contribution in [0.25, 0.3) is 94.7 Å². The topological polar surface area (TPSA) is 43.9 Å². The molecule has 3 aromatic heterocycles. The molecule has 0 aliphatic heterocycles. The molecule has 0 saturated heterocycles. The Labute approximate surface area is 481 Å². The minimum absolute atomic E-state index is 0. The second-order valence-electron chi connectivity index (χ2n) is 24.6. The molecule has 0 N–H and O–H groups in total. The SMILES string of the molecule is CC(C)c1cc(-c2ccc3c(c2)C(C)(C)C(C)(C)C(C)(C)c2ccccc2-3)cc(C(C)C)c1-n1c(-c2[c-]ccc3c2oc2cc(-c4ccccc4)ccc23)nc2ccccc21.C[Si](C)(C)c1ccc(-c2[c-]cc(F)cc2)nc1.[Ir]. The Balaban J connectivity index is 0.000000334. The van der Waals surface area contributed by atoms with Gasteiger partial charge in [0.1, 0.15) is 5.58 Å². The third kappa shape index (κ3) is 9.66. The molecule has 8 aromatic carbocycles. The Hall–Kier alpha value is -7.02. The van der Waals surface area contributed by atoms with E-state index in [4.69, 9.17) is 9.40 Å². The van der Waals surface area contributed by atoms with Crippen LogP contribution in [0.4, 0.5) is 4.39 Å². The third-order valence-electron chi connectivity index (χ3n) is 17.7. The van der Waals surface area contributed by atoms with Gasteiger partial charge in [-0.15, -0.1) is 48.0 Å². The van der Waals surface area contributed by atoms with Gasteiger partial charge in [-0.1, -0.05) is 203 Å². The molecular weight excluding hydrogens is 1160 g/mol. The number of benzene rings is 8. The molecule has 7 heteroatoms. The predicted octanol–water partition coefficient (Wildman–Crippen LogP) is 19.5. The van der Waals surface area contributed by atoms with Gasteiger partial charge in [-0.25, -0.2) is 0 Å². The van der Waals surface area contributed by atoms with E-state index < -0.39 is 8.07 Å². The fourth-order valence-electron chi connectivity index (χ4n) is 11.9. The van der Waals surface area contributed by atoms with Crippen molar-refractivity contribution in [2.24, 2.45) is 5.41 Å². The van der Waals surface area contributed by atoms with E-state index in [1.54, 1.807) is 6.07 Å². The van der Waals surface area contributed by atoms with Crippen molar-refractivity contribution in [3.63, 3.8) is 0 Å². The van der Waals surface area contributed by atoms with Gasteiger partial charge in [0.15, 0.2) is 0 Å². The second kappa shape index (κ2) is 20.9. The van der Waals surface area contributed by atoms with Crippen molar-refractivity contribution in [1.82, 2.24) is 14.5 Å². The molecule has 0 spiro atoms. The normalized spacial score (nSPS) is 14.4. The van der Waals surface area contributed by atoms with Crippen LogP contribution >= 0.6 is 0 Å². The number of imidazole rings is 1. The molecule has 79 heavy (non-hydrogen) atoms. The van der Waals surface area contributed by atoms with Crippen LogP contribution in [0.3, 0.4) is 0 Å². The first-order valence-corrected chi connectivity index (χ1v) is 31.1. The molecule has 0 atom stereocenters. The number of hydrogen-bond acceptors (Lipinski definition) is 3. The second-order valence-corrected chi connectivity index (χ2v) is 29.7. The van der Waals surface area contributed by atoms with Crippen LogP contribution in [0.5, 0.6) is 0 Å². The third-order valence-corrected chi connectivity index (χ3v) is 19.7. The van der Waals surface area contributed by atoms with Crippen molar-refractivity contribution in [3.8, 4) is 61.7 Å². The summed E-state index contributed by atoms with van der Waals surface area (Å²) in [6.07, 6.45) is 1.93. The van der Waals surface area contributed by atoms with Gasteiger partial charge >= 0.3 is 0 Å². The monoisotopic (exact) mass is 1230 g/mol. The number of hydrogen-bond donors (Lipinski definition) is 0. The summed E-state index contributed by atoms with van der Waals surface area (Å²) in [5, 5.41) is 3.47. The number of furan rings is 1. The standard InChI is InChI=1S/C58H55N2O.C14H15FNSi.Ir/c1-35(2)46-31-40(38-27-29-42-41-21-14-15-24-48(41)56(5,6)58(9,10)57(7,8)49(42)33-38)32-47(36(3)4)53(46)60-51-26-17-16-25-50(51)59-55(60)45-23-18-22-44-43-30-28-39(34-52(43)61-54(44)45)37-19-12-11-13-20-37;1-17(2,3)13-8-9-14(16-10-13)11-4-6-12(15)7-5-11;/h11-22,24-36H,1-10H3;4,6-10H,1-3H3;/q2*-1;. The molecule has 0 bridgehead atoms. The van der Waals surface area contributed by atoms with Gasteiger partial charge in [-0.2, -0.15) is 0 Å². The molecule has 4 nitrogen and oxygen atoms in total. The Bertz CT molecular complexity index is 4020. The van der Waals surface area contributed by atoms with E-state index in [0.717, 1.165) is 66.7 Å². The summed E-state index contributed by atoms with van der Waals surface area (Å²) in [4.78, 5) is 9.84. The number of aromatic nitrogens is 3. The predicted molar refractivity (Wildman–Crippen MR) is 328 cm³/mol. The fourth-order valence-corrected chi connectivity index (χ4v) is 12.9. The zero-order chi connectivity index (χ0) is 55.1. The molecule has 401 valence electrons. The molecule has 1 aliphatic carbocycles. The Morgan fingerprint density at radius 2 is 1.24 bits per heavy atom. The van der Waals surface area contributed by atoms with Gasteiger partial charge in [0.25, 0.3) is 0 Å². The first-order valence-electron chi connectivity index (χ1n) is 27.6. The number of rotatable bonds is 8. The van der Waals surface area contributed by atoms with E-state index in [1.807, 2.05) is 18.3 Å². The van der Waals surface area contributed by atoms with Gasteiger partial charge in [-0.3, -0.25) is 9.37 Å². The summed E-state index contributed by atoms with van der Waals surface area (Å²) in [5.41, 5.74) is 20.0.